The molecule has 3 rings (SSSR count). The van der Waals surface area contributed by atoms with Gasteiger partial charge in [-0.15, -0.1) is 0 Å². The number of aromatic nitrogens is 2. The summed E-state index contributed by atoms with van der Waals surface area (Å²) >= 11 is 3.25. The number of carbonyl (C=O) groups excluding carboxylic acids is 1. The molecule has 1 aliphatic rings. The number of sulfonamides is 1. The number of rotatable bonds is 6. The summed E-state index contributed by atoms with van der Waals surface area (Å²) in [5, 5.41) is 9.63. The Kier molecular flexibility index (Phi) is 5.55. The first kappa shape index (κ1) is 18.1. The molecule has 25 heavy (non-hydrogen) atoms. The van der Waals surface area contributed by atoms with Gasteiger partial charge in [-0.25, -0.2) is 13.1 Å². The van der Waals surface area contributed by atoms with E-state index in [2.05, 4.69) is 36.2 Å². The van der Waals surface area contributed by atoms with Crippen LogP contribution in [0.5, 0.6) is 0 Å². The number of halogens is 1. The maximum atomic E-state index is 12.2. The van der Waals surface area contributed by atoms with Crippen molar-refractivity contribution >= 4 is 37.7 Å². The molecule has 1 aromatic carbocycles. The van der Waals surface area contributed by atoms with Crippen LogP contribution in [0.4, 0.5) is 5.82 Å². The van der Waals surface area contributed by atoms with E-state index in [1.54, 1.807) is 12.1 Å². The van der Waals surface area contributed by atoms with Gasteiger partial charge in [-0.2, -0.15) is 5.10 Å². The first-order chi connectivity index (χ1) is 11.9. The Morgan fingerprint density at radius 1 is 1.24 bits per heavy atom. The molecule has 0 radical (unpaired) electrons. The number of benzene rings is 1. The molecule has 0 bridgehead atoms. The zero-order valence-corrected chi connectivity index (χ0v) is 15.9. The van der Waals surface area contributed by atoms with E-state index in [0.29, 0.717) is 11.7 Å². The highest BCUT2D eigenvalue weighted by Crippen LogP contribution is 2.33. The van der Waals surface area contributed by atoms with Gasteiger partial charge in [-0.3, -0.25) is 9.89 Å². The van der Waals surface area contributed by atoms with Crippen LogP contribution in [0.15, 0.2) is 39.7 Å². The fourth-order valence-corrected chi connectivity index (χ4v) is 4.14. The summed E-state index contributed by atoms with van der Waals surface area (Å²) in [7, 11) is -3.73. The van der Waals surface area contributed by atoms with Gasteiger partial charge >= 0.3 is 0 Å². The van der Waals surface area contributed by atoms with Gasteiger partial charge in [0.15, 0.2) is 5.82 Å². The van der Waals surface area contributed by atoms with E-state index in [0.717, 1.165) is 23.0 Å². The molecular weight excluding hydrogens is 408 g/mol. The first-order valence-electron chi connectivity index (χ1n) is 8.04. The van der Waals surface area contributed by atoms with Crippen molar-refractivity contribution in [3.8, 4) is 0 Å². The summed E-state index contributed by atoms with van der Waals surface area (Å²) < 4.78 is 27.4. The van der Waals surface area contributed by atoms with Crippen molar-refractivity contribution in [3.05, 3.63) is 40.5 Å². The largest absolute Gasteiger partial charge is 0.308 e. The molecule has 7 nitrogen and oxygen atoms in total. The lowest BCUT2D eigenvalue weighted by Gasteiger charge is -2.07. The molecule has 1 aliphatic carbocycles. The van der Waals surface area contributed by atoms with Crippen LogP contribution >= 0.6 is 15.9 Å². The Morgan fingerprint density at radius 2 is 1.92 bits per heavy atom. The van der Waals surface area contributed by atoms with Crippen molar-refractivity contribution in [2.75, 3.05) is 11.9 Å². The molecular formula is C16H19BrN4O3S. The second kappa shape index (κ2) is 7.67. The number of hydrogen-bond donors (Lipinski definition) is 3. The average Bonchev–Trinajstić information content (AvgIpc) is 3.25. The number of amides is 1. The summed E-state index contributed by atoms with van der Waals surface area (Å²) in [6.07, 6.45) is 4.68. The summed E-state index contributed by atoms with van der Waals surface area (Å²) in [6.45, 7) is -0.357. The van der Waals surface area contributed by atoms with Gasteiger partial charge in [-0.05, 0) is 37.1 Å². The molecule has 3 N–H and O–H groups in total. The molecule has 0 atom stereocenters. The SMILES string of the molecule is O=C(CNS(=O)(=O)c1ccc(Br)cc1)Nc1cc(C2CCCC2)[nH]n1. The predicted octanol–water partition coefficient (Wildman–Crippen LogP) is 2.75. The molecule has 1 amide bonds. The Bertz CT molecular complexity index is 843. The quantitative estimate of drug-likeness (QED) is 0.660. The van der Waals surface area contributed by atoms with Gasteiger partial charge in [0.25, 0.3) is 0 Å². The van der Waals surface area contributed by atoms with E-state index in [-0.39, 0.29) is 11.4 Å². The minimum Gasteiger partial charge on any atom is -0.308 e. The van der Waals surface area contributed by atoms with Gasteiger partial charge in [0.2, 0.25) is 15.9 Å². The minimum atomic E-state index is -3.73. The van der Waals surface area contributed by atoms with Crippen LogP contribution in [0, 0.1) is 0 Å². The molecule has 0 saturated heterocycles. The number of carbonyl (C=O) groups is 1. The fourth-order valence-electron chi connectivity index (χ4n) is 2.89. The minimum absolute atomic E-state index is 0.104. The van der Waals surface area contributed by atoms with Gasteiger partial charge < -0.3 is 5.32 Å². The van der Waals surface area contributed by atoms with E-state index < -0.39 is 15.9 Å². The molecule has 1 fully saturated rings. The highest BCUT2D eigenvalue weighted by molar-refractivity contribution is 9.10. The number of aromatic amines is 1. The van der Waals surface area contributed by atoms with E-state index in [4.69, 9.17) is 0 Å². The monoisotopic (exact) mass is 426 g/mol. The zero-order valence-electron chi connectivity index (χ0n) is 13.5. The fraction of sp³-hybridized carbons (Fsp3) is 0.375. The van der Waals surface area contributed by atoms with Gasteiger partial charge in [0, 0.05) is 22.2 Å². The normalized spacial score (nSPS) is 15.4. The maximum absolute atomic E-state index is 12.2. The van der Waals surface area contributed by atoms with Crippen molar-refractivity contribution in [1.82, 2.24) is 14.9 Å². The third-order valence-corrected chi connectivity index (χ3v) is 6.15. The lowest BCUT2D eigenvalue weighted by Crippen LogP contribution is -2.33. The van der Waals surface area contributed by atoms with E-state index >= 15 is 0 Å². The summed E-state index contributed by atoms with van der Waals surface area (Å²) in [4.78, 5) is 12.1. The van der Waals surface area contributed by atoms with Crippen molar-refractivity contribution in [2.24, 2.45) is 0 Å². The van der Waals surface area contributed by atoms with Gasteiger partial charge in [0.1, 0.15) is 0 Å². The van der Waals surface area contributed by atoms with Crippen molar-refractivity contribution in [2.45, 2.75) is 36.5 Å². The molecule has 1 saturated carbocycles. The molecule has 9 heteroatoms. The van der Waals surface area contributed by atoms with Crippen LogP contribution in [-0.4, -0.2) is 31.1 Å². The van der Waals surface area contributed by atoms with E-state index in [1.807, 2.05) is 6.07 Å². The zero-order chi connectivity index (χ0) is 17.9. The number of nitrogens with one attached hydrogen (secondary N) is 3. The topological polar surface area (TPSA) is 104 Å². The number of nitrogens with zero attached hydrogens (tertiary/aromatic N) is 1. The number of hydrogen-bond acceptors (Lipinski definition) is 4. The van der Waals surface area contributed by atoms with Crippen LogP contribution in [0.2, 0.25) is 0 Å². The second-order valence-corrected chi connectivity index (χ2v) is 8.70. The Morgan fingerprint density at radius 3 is 2.60 bits per heavy atom. The second-order valence-electron chi connectivity index (χ2n) is 6.02. The molecule has 0 unspecified atom stereocenters. The molecule has 134 valence electrons. The van der Waals surface area contributed by atoms with E-state index in [9.17, 15) is 13.2 Å². The van der Waals surface area contributed by atoms with Gasteiger partial charge in [-0.1, -0.05) is 28.8 Å². The highest BCUT2D eigenvalue weighted by Gasteiger charge is 2.20. The molecule has 1 heterocycles. The standard InChI is InChI=1S/C16H19BrN4O3S/c17-12-5-7-13(8-6-12)25(23,24)18-10-16(22)19-15-9-14(20-21-15)11-3-1-2-4-11/h5-9,11,18H,1-4,10H2,(H2,19,20,21,22). The lowest BCUT2D eigenvalue weighted by molar-refractivity contribution is -0.115. The van der Waals surface area contributed by atoms with Gasteiger partial charge in [0.05, 0.1) is 11.4 Å². The molecule has 0 spiro atoms. The lowest BCUT2D eigenvalue weighted by atomic mass is 10.0. The van der Waals surface area contributed by atoms with Crippen LogP contribution in [0.3, 0.4) is 0 Å². The Hall–Kier alpha value is -1.71. The number of anilines is 1. The first-order valence-corrected chi connectivity index (χ1v) is 10.3. The Labute approximate surface area is 154 Å². The van der Waals surface area contributed by atoms with E-state index in [1.165, 1.54) is 25.0 Å². The Balaban J connectivity index is 1.55. The predicted molar refractivity (Wildman–Crippen MR) is 97.8 cm³/mol. The highest BCUT2D eigenvalue weighted by atomic mass is 79.9. The summed E-state index contributed by atoms with van der Waals surface area (Å²) in [6, 6.07) is 8.00. The van der Waals surface area contributed by atoms with Crippen molar-refractivity contribution in [1.29, 1.82) is 0 Å². The summed E-state index contributed by atoms with van der Waals surface area (Å²) in [5.74, 6) is 0.411. The molecule has 1 aromatic heterocycles. The molecule has 2 aromatic rings. The van der Waals surface area contributed by atoms with Crippen LogP contribution in [0.25, 0.3) is 0 Å². The summed E-state index contributed by atoms with van der Waals surface area (Å²) in [5.41, 5.74) is 1.02. The molecule has 0 aliphatic heterocycles. The van der Waals surface area contributed by atoms with Crippen molar-refractivity contribution < 1.29 is 13.2 Å². The number of H-pyrrole nitrogens is 1. The van der Waals surface area contributed by atoms with Crippen LogP contribution in [-0.2, 0) is 14.8 Å². The third-order valence-electron chi connectivity index (χ3n) is 4.21. The van der Waals surface area contributed by atoms with Crippen LogP contribution in [0.1, 0.15) is 37.3 Å². The average molecular weight is 427 g/mol. The third kappa shape index (κ3) is 4.68. The maximum Gasteiger partial charge on any atom is 0.241 e. The van der Waals surface area contributed by atoms with Crippen molar-refractivity contribution in [3.63, 3.8) is 0 Å². The van der Waals surface area contributed by atoms with Crippen LogP contribution < -0.4 is 10.0 Å². The smallest absolute Gasteiger partial charge is 0.241 e.